The number of halogens is 1. The number of ether oxygens (including phenoxy) is 3. The Morgan fingerprint density at radius 2 is 1.53 bits per heavy atom. The van der Waals surface area contributed by atoms with Crippen LogP contribution in [0.25, 0.3) is 0 Å². The Morgan fingerprint density at radius 1 is 0.930 bits per heavy atom. The lowest BCUT2D eigenvalue weighted by Gasteiger charge is -2.39. The molecule has 2 aromatic rings. The van der Waals surface area contributed by atoms with E-state index >= 15 is 0 Å². The summed E-state index contributed by atoms with van der Waals surface area (Å²) >= 11 is 0. The molecule has 5 unspecified atom stereocenters. The smallest absolute Gasteiger partial charge is 0.223 e. The van der Waals surface area contributed by atoms with Crippen LogP contribution >= 0.6 is 0 Å². The summed E-state index contributed by atoms with van der Waals surface area (Å²) in [4.78, 5) is 13.4. The average molecular weight is 608 g/mol. The van der Waals surface area contributed by atoms with Gasteiger partial charge in [-0.05, 0) is 47.6 Å². The number of hydrogen-bond acceptors (Lipinski definition) is 9. The predicted molar refractivity (Wildman–Crippen MR) is 157 cm³/mol. The zero-order valence-electron chi connectivity index (χ0n) is 25.3. The van der Waals surface area contributed by atoms with Crippen LogP contribution in [0.15, 0.2) is 54.6 Å². The third kappa shape index (κ3) is 8.95. The summed E-state index contributed by atoms with van der Waals surface area (Å²) in [6, 6.07) is 15.6. The lowest BCUT2D eigenvalue weighted by Crippen LogP contribution is -2.59. The monoisotopic (exact) mass is 607 g/mol. The van der Waals surface area contributed by atoms with Crippen molar-refractivity contribution >= 4 is 5.91 Å². The maximum absolute atomic E-state index is 14.2. The summed E-state index contributed by atoms with van der Waals surface area (Å²) in [6.07, 6.45) is -11.4. The minimum Gasteiger partial charge on any atom is -0.457 e. The largest absolute Gasteiger partial charge is 0.457 e. The molecule has 6 N–H and O–H groups in total. The minimum atomic E-state index is -2.03. The molecule has 1 amide bonds. The Hall–Kier alpha value is -2.64. The van der Waals surface area contributed by atoms with Crippen LogP contribution in [0.1, 0.15) is 46.1 Å². The van der Waals surface area contributed by atoms with Gasteiger partial charge in [0.1, 0.15) is 35.9 Å². The van der Waals surface area contributed by atoms with Crippen molar-refractivity contribution < 1.29 is 48.9 Å². The maximum Gasteiger partial charge on any atom is 0.223 e. The number of aliphatic hydroxyl groups excluding tert-OH is 5. The van der Waals surface area contributed by atoms with E-state index in [1.165, 1.54) is 0 Å². The summed E-state index contributed by atoms with van der Waals surface area (Å²) < 4.78 is 30.9. The first-order valence-corrected chi connectivity index (χ1v) is 14.7. The molecule has 43 heavy (non-hydrogen) atoms. The molecule has 0 bridgehead atoms. The van der Waals surface area contributed by atoms with Crippen LogP contribution in [0, 0.1) is 17.8 Å². The van der Waals surface area contributed by atoms with Crippen LogP contribution in [0.5, 0.6) is 11.5 Å². The molecule has 1 saturated heterocycles. The highest BCUT2D eigenvalue weighted by atomic mass is 19.1. The van der Waals surface area contributed by atoms with E-state index in [0.717, 1.165) is 5.56 Å². The topological polar surface area (TPSA) is 158 Å². The van der Waals surface area contributed by atoms with E-state index in [1.807, 2.05) is 75.4 Å². The van der Waals surface area contributed by atoms with Gasteiger partial charge in [-0.2, -0.15) is 0 Å². The van der Waals surface area contributed by atoms with Crippen molar-refractivity contribution in [3.05, 3.63) is 60.2 Å². The number of aliphatic hydroxyl groups is 5. The van der Waals surface area contributed by atoms with Gasteiger partial charge in [0.15, 0.2) is 12.5 Å². The molecule has 0 aliphatic carbocycles. The molecule has 10 nitrogen and oxygen atoms in total. The van der Waals surface area contributed by atoms with Crippen LogP contribution in [0.3, 0.4) is 0 Å². The van der Waals surface area contributed by atoms with Gasteiger partial charge in [0.2, 0.25) is 5.91 Å². The quantitative estimate of drug-likeness (QED) is 0.190. The molecule has 1 heterocycles. The fourth-order valence-electron chi connectivity index (χ4n) is 4.84. The number of carbonyl (C=O) groups excluding carboxylic acids is 1. The number of amides is 1. The molecule has 0 spiro atoms. The number of alkyl halides is 1. The van der Waals surface area contributed by atoms with Gasteiger partial charge in [0, 0.05) is 5.92 Å². The van der Waals surface area contributed by atoms with E-state index in [2.05, 4.69) is 5.32 Å². The number of benzene rings is 2. The molecule has 0 radical (unpaired) electrons. The van der Waals surface area contributed by atoms with Crippen molar-refractivity contribution in [3.8, 4) is 11.5 Å². The summed E-state index contributed by atoms with van der Waals surface area (Å²) in [5.41, 5.74) is 0.883. The van der Waals surface area contributed by atoms with Crippen molar-refractivity contribution in [1.82, 2.24) is 5.32 Å². The zero-order chi connectivity index (χ0) is 31.8. The highest BCUT2D eigenvalue weighted by Crippen LogP contribution is 2.29. The molecule has 11 heteroatoms. The molecule has 11 atom stereocenters. The summed E-state index contributed by atoms with van der Waals surface area (Å²) in [6.45, 7) is 7.99. The van der Waals surface area contributed by atoms with Crippen molar-refractivity contribution in [2.75, 3.05) is 13.2 Å². The third-order valence-electron chi connectivity index (χ3n) is 8.47. The van der Waals surface area contributed by atoms with E-state index in [0.29, 0.717) is 11.5 Å². The van der Waals surface area contributed by atoms with Crippen molar-refractivity contribution in [1.29, 1.82) is 0 Å². The van der Waals surface area contributed by atoms with Crippen molar-refractivity contribution in [2.45, 2.75) is 89.6 Å². The lowest BCUT2D eigenvalue weighted by atomic mass is 9.86. The number of hydrogen-bond donors (Lipinski definition) is 6. The number of para-hydroxylation sites is 1. The van der Waals surface area contributed by atoms with Crippen molar-refractivity contribution in [2.24, 2.45) is 17.8 Å². The van der Waals surface area contributed by atoms with E-state index in [4.69, 9.17) is 14.2 Å². The van der Waals surface area contributed by atoms with Gasteiger partial charge in [0.05, 0.1) is 25.4 Å². The summed E-state index contributed by atoms with van der Waals surface area (Å²) in [5.74, 6) is -0.209. The van der Waals surface area contributed by atoms with Gasteiger partial charge in [-0.3, -0.25) is 4.79 Å². The second-order valence-electron chi connectivity index (χ2n) is 11.7. The van der Waals surface area contributed by atoms with E-state index in [-0.39, 0.29) is 17.8 Å². The molecule has 0 saturated carbocycles. The van der Waals surface area contributed by atoms with Gasteiger partial charge in [-0.25, -0.2) is 4.39 Å². The molecular weight excluding hydrogens is 561 g/mol. The third-order valence-corrected chi connectivity index (χ3v) is 8.47. The van der Waals surface area contributed by atoms with Crippen LogP contribution in [-0.4, -0.2) is 93.7 Å². The summed E-state index contributed by atoms with van der Waals surface area (Å²) in [7, 11) is 0. The van der Waals surface area contributed by atoms with E-state index in [1.54, 1.807) is 13.8 Å². The van der Waals surface area contributed by atoms with Gasteiger partial charge < -0.3 is 45.1 Å². The SMILES string of the molecule is CC(C(=O)N[C@@H](CO[C@H]1OC(CO)[C@H](F)C(O)C1O)[C@H](O)[C@H](O)[C@H](C)C(C)C)C(C)c1ccc(Oc2ccccc2)cc1. The lowest BCUT2D eigenvalue weighted by molar-refractivity contribution is -0.293. The molecular formula is C32H46FNO9. The Morgan fingerprint density at radius 3 is 2.12 bits per heavy atom. The molecule has 1 aliphatic heterocycles. The Balaban J connectivity index is 1.71. The van der Waals surface area contributed by atoms with Gasteiger partial charge in [0.25, 0.3) is 0 Å². The Bertz CT molecular complexity index is 1120. The van der Waals surface area contributed by atoms with Crippen LogP contribution in [-0.2, 0) is 14.3 Å². The normalized spacial score (nSPS) is 26.7. The first-order valence-electron chi connectivity index (χ1n) is 14.7. The van der Waals surface area contributed by atoms with Crippen LogP contribution < -0.4 is 10.1 Å². The molecule has 2 aromatic carbocycles. The number of nitrogens with one attached hydrogen (secondary N) is 1. The highest BCUT2D eigenvalue weighted by molar-refractivity contribution is 5.79. The Labute approximate surface area is 252 Å². The fourth-order valence-corrected chi connectivity index (χ4v) is 4.84. The van der Waals surface area contributed by atoms with E-state index in [9.17, 15) is 34.7 Å². The standard InChI is InChI=1S/C32H46FNO9/c1-17(2)18(3)27(36)28(37)24(16-41-32-30(39)29(38)26(33)25(15-35)43-32)34-31(40)20(5)19(4)21-11-13-23(14-12-21)42-22-9-7-6-8-10-22/h6-14,17-20,24-30,32,35-39H,15-16H2,1-5H3,(H,34,40)/t18-,19?,20?,24+,25?,26+,27-,28+,29?,30?,32+/m1/s1. The highest BCUT2D eigenvalue weighted by Gasteiger charge is 2.46. The summed E-state index contributed by atoms with van der Waals surface area (Å²) in [5, 5.41) is 54.5. The maximum atomic E-state index is 14.2. The van der Waals surface area contributed by atoms with Gasteiger partial charge >= 0.3 is 0 Å². The average Bonchev–Trinajstić information content (AvgIpc) is 3.01. The van der Waals surface area contributed by atoms with E-state index < -0.39 is 74.1 Å². The van der Waals surface area contributed by atoms with Gasteiger partial charge in [-0.15, -0.1) is 0 Å². The predicted octanol–water partition coefficient (Wildman–Crippen LogP) is 2.51. The fraction of sp³-hybridized carbons (Fsp3) is 0.594. The zero-order valence-corrected chi connectivity index (χ0v) is 25.3. The van der Waals surface area contributed by atoms with Crippen LogP contribution in [0.2, 0.25) is 0 Å². The van der Waals surface area contributed by atoms with Crippen LogP contribution in [0.4, 0.5) is 4.39 Å². The number of rotatable bonds is 14. The first-order chi connectivity index (χ1) is 20.3. The van der Waals surface area contributed by atoms with Crippen molar-refractivity contribution in [3.63, 3.8) is 0 Å². The Kier molecular flexibility index (Phi) is 12.9. The number of carbonyl (C=O) groups is 1. The molecule has 240 valence electrons. The molecule has 1 aliphatic rings. The minimum absolute atomic E-state index is 0.0140. The van der Waals surface area contributed by atoms with Gasteiger partial charge in [-0.1, -0.05) is 65.0 Å². The second-order valence-corrected chi connectivity index (χ2v) is 11.7. The first kappa shape index (κ1) is 34.8. The molecule has 0 aromatic heterocycles. The molecule has 1 fully saturated rings. The molecule has 3 rings (SSSR count). The second kappa shape index (κ2) is 15.9.